The molecule has 33 heavy (non-hydrogen) atoms. The highest BCUT2D eigenvalue weighted by atomic mass is 19.1. The lowest BCUT2D eigenvalue weighted by atomic mass is 9.71. The summed E-state index contributed by atoms with van der Waals surface area (Å²) in [7, 11) is 1.70. The van der Waals surface area contributed by atoms with Gasteiger partial charge < -0.3 is 14.4 Å². The molecule has 7 heteroatoms. The first-order valence-electron chi connectivity index (χ1n) is 11.3. The van der Waals surface area contributed by atoms with Crippen LogP contribution in [0.2, 0.25) is 0 Å². The zero-order valence-corrected chi connectivity index (χ0v) is 19.1. The zero-order chi connectivity index (χ0) is 23.3. The van der Waals surface area contributed by atoms with Gasteiger partial charge in [0.15, 0.2) is 0 Å². The van der Waals surface area contributed by atoms with Crippen LogP contribution in [0, 0.1) is 17.7 Å². The normalized spacial score (nSPS) is 18.7. The number of rotatable bonds is 7. The molecule has 0 atom stereocenters. The van der Waals surface area contributed by atoms with E-state index in [4.69, 9.17) is 4.74 Å². The summed E-state index contributed by atoms with van der Waals surface area (Å²) >= 11 is 0. The predicted octanol–water partition coefficient (Wildman–Crippen LogP) is 5.22. The van der Waals surface area contributed by atoms with E-state index in [-0.39, 0.29) is 17.2 Å². The number of hydrogen-bond acceptors (Lipinski definition) is 3. The van der Waals surface area contributed by atoms with Crippen LogP contribution in [0.3, 0.4) is 0 Å². The van der Waals surface area contributed by atoms with Crippen molar-refractivity contribution in [3.8, 4) is 5.69 Å². The maximum atomic E-state index is 13.8. The lowest BCUT2D eigenvalue weighted by Gasteiger charge is -2.34. The van der Waals surface area contributed by atoms with Gasteiger partial charge >= 0.3 is 5.97 Å². The predicted molar refractivity (Wildman–Crippen MR) is 125 cm³/mol. The standard InChI is InChI=1S/C26H28FN3O3/c1-26(2,14-33-3)24-21(10-15-8-16(9-15)25(31)32)20-12-22-17(13-28-29-22)11-23(20)30(24)19-6-4-18(27)5-7-19/h4-7,11-13,15-16H,8-10,14H2,1-3H3,(H,28,29)(H,31,32). The van der Waals surface area contributed by atoms with Crippen molar-refractivity contribution >= 4 is 27.8 Å². The molecular weight excluding hydrogens is 421 g/mol. The second-order valence-electron chi connectivity index (χ2n) is 9.86. The first-order chi connectivity index (χ1) is 15.8. The number of carboxylic acids is 1. The molecule has 2 heterocycles. The van der Waals surface area contributed by atoms with E-state index in [1.807, 2.05) is 0 Å². The Hall–Kier alpha value is -3.19. The summed E-state index contributed by atoms with van der Waals surface area (Å²) in [6, 6.07) is 10.8. The summed E-state index contributed by atoms with van der Waals surface area (Å²) in [6.07, 6.45) is 3.97. The number of aromatic amines is 1. The van der Waals surface area contributed by atoms with E-state index in [9.17, 15) is 14.3 Å². The Labute approximate surface area is 191 Å². The Kier molecular flexibility index (Phi) is 5.24. The average Bonchev–Trinajstić information content (AvgIpc) is 3.31. The Morgan fingerprint density at radius 2 is 2.00 bits per heavy atom. The van der Waals surface area contributed by atoms with E-state index < -0.39 is 5.97 Å². The van der Waals surface area contributed by atoms with Gasteiger partial charge in [-0.2, -0.15) is 5.10 Å². The third kappa shape index (κ3) is 3.70. The smallest absolute Gasteiger partial charge is 0.306 e. The van der Waals surface area contributed by atoms with Gasteiger partial charge in [0.1, 0.15) is 5.82 Å². The number of nitrogens with zero attached hydrogens (tertiary/aromatic N) is 2. The van der Waals surface area contributed by atoms with Crippen LogP contribution in [-0.4, -0.2) is 39.6 Å². The van der Waals surface area contributed by atoms with Gasteiger partial charge in [0.2, 0.25) is 0 Å². The number of fused-ring (bicyclic) bond motifs is 2. The molecule has 1 saturated carbocycles. The molecule has 2 aromatic heterocycles. The van der Waals surface area contributed by atoms with Crippen LogP contribution in [0.15, 0.2) is 42.6 Å². The Morgan fingerprint density at radius 3 is 2.67 bits per heavy atom. The van der Waals surface area contributed by atoms with E-state index in [1.54, 1.807) is 25.4 Å². The van der Waals surface area contributed by atoms with Gasteiger partial charge in [-0.1, -0.05) is 13.8 Å². The fraction of sp³-hybridized carbons (Fsp3) is 0.385. The van der Waals surface area contributed by atoms with E-state index in [1.165, 1.54) is 17.7 Å². The fourth-order valence-corrected chi connectivity index (χ4v) is 5.39. The van der Waals surface area contributed by atoms with Gasteiger partial charge in [0.05, 0.1) is 29.8 Å². The highest BCUT2D eigenvalue weighted by molar-refractivity contribution is 5.98. The van der Waals surface area contributed by atoms with Gasteiger partial charge in [-0.15, -0.1) is 0 Å². The van der Waals surface area contributed by atoms with Crippen molar-refractivity contribution in [2.75, 3.05) is 13.7 Å². The molecule has 6 nitrogen and oxygen atoms in total. The Balaban J connectivity index is 1.76. The molecule has 1 aliphatic carbocycles. The van der Waals surface area contributed by atoms with Crippen molar-refractivity contribution in [3.05, 3.63) is 59.7 Å². The molecule has 5 rings (SSSR count). The lowest BCUT2D eigenvalue weighted by molar-refractivity contribution is -0.146. The van der Waals surface area contributed by atoms with E-state index in [2.05, 4.69) is 40.7 Å². The summed E-state index contributed by atoms with van der Waals surface area (Å²) < 4.78 is 21.6. The van der Waals surface area contributed by atoms with E-state index in [0.29, 0.717) is 25.4 Å². The number of ether oxygens (including phenoxy) is 1. The minimum atomic E-state index is -0.709. The summed E-state index contributed by atoms with van der Waals surface area (Å²) in [6.45, 7) is 4.82. The first-order valence-corrected chi connectivity index (χ1v) is 11.3. The lowest BCUT2D eigenvalue weighted by Crippen LogP contribution is -2.33. The van der Waals surface area contributed by atoms with E-state index >= 15 is 0 Å². The maximum Gasteiger partial charge on any atom is 0.306 e. The number of nitrogens with one attached hydrogen (secondary N) is 1. The summed E-state index contributed by atoms with van der Waals surface area (Å²) in [5, 5.41) is 18.7. The topological polar surface area (TPSA) is 80.1 Å². The molecule has 2 aromatic carbocycles. The van der Waals surface area contributed by atoms with Gasteiger partial charge in [0.25, 0.3) is 0 Å². The van der Waals surface area contributed by atoms with Gasteiger partial charge in [0, 0.05) is 34.7 Å². The molecule has 0 amide bonds. The second-order valence-corrected chi connectivity index (χ2v) is 9.86. The number of carboxylic acid groups (broad SMARTS) is 1. The SMILES string of the molecule is COCC(C)(C)c1c(CC2CC(C(=O)O)C2)c2cc3[nH]ncc3cc2n1-c1ccc(F)cc1. The largest absolute Gasteiger partial charge is 0.481 e. The minimum Gasteiger partial charge on any atom is -0.481 e. The quantitative estimate of drug-likeness (QED) is 0.405. The molecule has 0 aliphatic heterocycles. The van der Waals surface area contributed by atoms with E-state index in [0.717, 1.165) is 39.6 Å². The number of methoxy groups -OCH3 is 1. The molecule has 1 fully saturated rings. The zero-order valence-electron chi connectivity index (χ0n) is 19.1. The number of aromatic nitrogens is 3. The Bertz CT molecular complexity index is 1330. The molecule has 1 aliphatic rings. The molecular formula is C26H28FN3O3. The van der Waals surface area contributed by atoms with Crippen LogP contribution in [-0.2, 0) is 21.4 Å². The third-order valence-electron chi connectivity index (χ3n) is 6.94. The molecule has 0 bridgehead atoms. The number of halogens is 1. The average molecular weight is 450 g/mol. The Morgan fingerprint density at radius 1 is 1.27 bits per heavy atom. The van der Waals surface area contributed by atoms with Crippen molar-refractivity contribution < 1.29 is 19.0 Å². The maximum absolute atomic E-state index is 13.8. The van der Waals surface area contributed by atoms with Crippen molar-refractivity contribution in [2.24, 2.45) is 11.8 Å². The number of H-pyrrole nitrogens is 1. The van der Waals surface area contributed by atoms with Crippen LogP contribution in [0.25, 0.3) is 27.5 Å². The van der Waals surface area contributed by atoms with Crippen LogP contribution in [0.1, 0.15) is 37.9 Å². The molecule has 0 unspecified atom stereocenters. The minimum absolute atomic E-state index is 0.254. The summed E-state index contributed by atoms with van der Waals surface area (Å²) in [5.74, 6) is -0.929. The molecule has 0 saturated heterocycles. The number of hydrogen-bond donors (Lipinski definition) is 2. The van der Waals surface area contributed by atoms with Crippen LogP contribution >= 0.6 is 0 Å². The molecule has 4 aromatic rings. The van der Waals surface area contributed by atoms with Crippen molar-refractivity contribution in [1.82, 2.24) is 14.8 Å². The van der Waals surface area contributed by atoms with Crippen molar-refractivity contribution in [2.45, 2.75) is 38.5 Å². The van der Waals surface area contributed by atoms with Gasteiger partial charge in [-0.05, 0) is 67.1 Å². The fourth-order valence-electron chi connectivity index (χ4n) is 5.39. The van der Waals surface area contributed by atoms with Crippen LogP contribution in [0.4, 0.5) is 4.39 Å². The molecule has 0 spiro atoms. The van der Waals surface area contributed by atoms with Crippen LogP contribution in [0.5, 0.6) is 0 Å². The monoisotopic (exact) mass is 449 g/mol. The number of aliphatic carboxylic acids is 1. The molecule has 2 N–H and O–H groups in total. The second kappa shape index (κ2) is 7.99. The third-order valence-corrected chi connectivity index (χ3v) is 6.94. The van der Waals surface area contributed by atoms with Gasteiger partial charge in [-0.3, -0.25) is 9.89 Å². The highest BCUT2D eigenvalue weighted by Crippen LogP contribution is 2.43. The highest BCUT2D eigenvalue weighted by Gasteiger charge is 2.38. The molecule has 172 valence electrons. The van der Waals surface area contributed by atoms with Crippen molar-refractivity contribution in [3.63, 3.8) is 0 Å². The summed E-state index contributed by atoms with van der Waals surface area (Å²) in [5.41, 5.74) is 4.84. The van der Waals surface area contributed by atoms with Crippen molar-refractivity contribution in [1.29, 1.82) is 0 Å². The van der Waals surface area contributed by atoms with Crippen LogP contribution < -0.4 is 0 Å². The summed E-state index contributed by atoms with van der Waals surface area (Å²) in [4.78, 5) is 11.4. The number of carbonyl (C=O) groups is 1. The first kappa shape index (κ1) is 21.6. The number of benzene rings is 2. The molecule has 0 radical (unpaired) electrons. The van der Waals surface area contributed by atoms with Gasteiger partial charge in [-0.25, -0.2) is 4.39 Å².